The molecule has 2 atom stereocenters. The van der Waals surface area contributed by atoms with Crippen LogP contribution in [0.15, 0.2) is 0 Å². The lowest BCUT2D eigenvalue weighted by atomic mass is 10.2. The molecule has 0 saturated carbocycles. The summed E-state index contributed by atoms with van der Waals surface area (Å²) in [5.41, 5.74) is 0. The fourth-order valence-corrected chi connectivity index (χ4v) is 2.70. The highest BCUT2D eigenvalue weighted by atomic mass is 32.2. The summed E-state index contributed by atoms with van der Waals surface area (Å²) >= 11 is 0. The molecular formula is C13H16F11NO5S. The molecule has 1 amide bonds. The van der Waals surface area contributed by atoms with Gasteiger partial charge in [0.2, 0.25) is 10.0 Å². The van der Waals surface area contributed by atoms with Gasteiger partial charge < -0.3 is 9.47 Å². The van der Waals surface area contributed by atoms with Gasteiger partial charge in [0, 0.05) is 6.42 Å². The third kappa shape index (κ3) is 8.91. The van der Waals surface area contributed by atoms with E-state index in [0.717, 1.165) is 0 Å². The molecule has 0 aliphatic carbocycles. The Bertz CT molecular complexity index is 706. The number of hydrogen-bond donors (Lipinski definition) is 1. The zero-order valence-corrected chi connectivity index (χ0v) is 16.2. The smallest absolute Gasteiger partial charge is 0.337 e. The predicted molar refractivity (Wildman–Crippen MR) is 79.2 cm³/mol. The minimum atomic E-state index is -6.52. The lowest BCUT2D eigenvalue weighted by Crippen LogP contribution is -2.59. The third-order valence-electron chi connectivity index (χ3n) is 3.19. The molecule has 186 valence electrons. The minimum Gasteiger partial charge on any atom is -0.337 e. The number of rotatable bonds is 11. The summed E-state index contributed by atoms with van der Waals surface area (Å²) in [4.78, 5) is 11.5. The Morgan fingerprint density at radius 3 is 1.77 bits per heavy atom. The normalized spacial score (nSPS) is 17.7. The van der Waals surface area contributed by atoms with E-state index in [0.29, 0.717) is 4.72 Å². The second-order valence-corrected chi connectivity index (χ2v) is 7.77. The van der Waals surface area contributed by atoms with Crippen molar-refractivity contribution in [1.82, 2.24) is 4.72 Å². The van der Waals surface area contributed by atoms with Crippen molar-refractivity contribution in [3.63, 3.8) is 0 Å². The monoisotopic (exact) mass is 507 g/mol. The number of nitrogens with one attached hydrogen (secondary N) is 1. The van der Waals surface area contributed by atoms with E-state index in [-0.39, 0.29) is 6.42 Å². The van der Waals surface area contributed by atoms with Gasteiger partial charge in [0.15, 0.2) is 0 Å². The molecule has 0 aromatic rings. The molecule has 0 rings (SSSR count). The summed E-state index contributed by atoms with van der Waals surface area (Å²) in [5.74, 6) is -15.7. The van der Waals surface area contributed by atoms with Crippen molar-refractivity contribution in [2.45, 2.75) is 56.4 Å². The number of amides is 1. The van der Waals surface area contributed by atoms with Gasteiger partial charge in [-0.2, -0.15) is 48.3 Å². The highest BCUT2D eigenvalue weighted by molar-refractivity contribution is 7.90. The van der Waals surface area contributed by atoms with Crippen LogP contribution in [0.3, 0.4) is 0 Å². The maximum Gasteiger partial charge on any atom is 0.458 e. The van der Waals surface area contributed by atoms with Gasteiger partial charge in [-0.3, -0.25) is 4.79 Å². The second kappa shape index (κ2) is 10.0. The van der Waals surface area contributed by atoms with Crippen molar-refractivity contribution in [2.75, 3.05) is 19.0 Å². The Morgan fingerprint density at radius 2 is 1.39 bits per heavy atom. The van der Waals surface area contributed by atoms with Crippen molar-refractivity contribution in [2.24, 2.45) is 0 Å². The van der Waals surface area contributed by atoms with E-state index in [4.69, 9.17) is 0 Å². The van der Waals surface area contributed by atoms with Crippen LogP contribution in [-0.2, 0) is 24.3 Å². The molecule has 1 N–H and O–H groups in total. The molecule has 0 fully saturated rings. The van der Waals surface area contributed by atoms with Crippen molar-refractivity contribution in [1.29, 1.82) is 0 Å². The van der Waals surface area contributed by atoms with Gasteiger partial charge >= 0.3 is 36.1 Å². The maximum absolute atomic E-state index is 14.2. The van der Waals surface area contributed by atoms with Crippen LogP contribution in [-0.4, -0.2) is 63.5 Å². The van der Waals surface area contributed by atoms with Gasteiger partial charge in [0.25, 0.3) is 0 Å². The summed E-state index contributed by atoms with van der Waals surface area (Å²) in [6.07, 6.45) is -20.7. The number of halogens is 11. The van der Waals surface area contributed by atoms with E-state index in [1.165, 1.54) is 6.92 Å². The highest BCUT2D eigenvalue weighted by Crippen LogP contribution is 2.40. The fourth-order valence-electron chi connectivity index (χ4n) is 1.66. The molecule has 0 saturated heterocycles. The average Bonchev–Trinajstić information content (AvgIpc) is 2.53. The molecular weight excluding hydrogens is 491 g/mol. The van der Waals surface area contributed by atoms with E-state index < -0.39 is 78.0 Å². The molecule has 0 aliphatic heterocycles. The lowest BCUT2D eigenvalue weighted by molar-refractivity contribution is -0.378. The van der Waals surface area contributed by atoms with E-state index in [1.807, 2.05) is 0 Å². The molecule has 31 heavy (non-hydrogen) atoms. The van der Waals surface area contributed by atoms with Crippen LogP contribution in [0.1, 0.15) is 26.2 Å². The van der Waals surface area contributed by atoms with Crippen LogP contribution >= 0.6 is 0 Å². The predicted octanol–water partition coefficient (Wildman–Crippen LogP) is 3.67. The first-order chi connectivity index (χ1) is 13.6. The third-order valence-corrected chi connectivity index (χ3v) is 4.52. The van der Waals surface area contributed by atoms with Crippen LogP contribution in [0.2, 0.25) is 0 Å². The summed E-state index contributed by atoms with van der Waals surface area (Å²) in [6.45, 7) is -2.69. The molecule has 0 aliphatic rings. The summed E-state index contributed by atoms with van der Waals surface area (Å²) < 4.78 is 171. The largest absolute Gasteiger partial charge is 0.458 e. The molecule has 0 aromatic heterocycles. The van der Waals surface area contributed by atoms with Gasteiger partial charge in [-0.15, -0.1) is 0 Å². The summed E-state index contributed by atoms with van der Waals surface area (Å²) in [7, 11) is -5.31. The first kappa shape index (κ1) is 29.6. The van der Waals surface area contributed by atoms with Gasteiger partial charge in [0.1, 0.15) is 6.61 Å². The second-order valence-electron chi connectivity index (χ2n) is 5.93. The zero-order chi connectivity index (χ0) is 24.9. The van der Waals surface area contributed by atoms with E-state index in [9.17, 15) is 61.5 Å². The highest BCUT2D eigenvalue weighted by Gasteiger charge is 2.67. The lowest BCUT2D eigenvalue weighted by Gasteiger charge is -2.32. The van der Waals surface area contributed by atoms with Crippen molar-refractivity contribution < 1.29 is 71.0 Å². The van der Waals surface area contributed by atoms with Crippen LogP contribution in [0, 0.1) is 0 Å². The van der Waals surface area contributed by atoms with E-state index >= 15 is 0 Å². The molecule has 6 nitrogen and oxygen atoms in total. The van der Waals surface area contributed by atoms with Crippen LogP contribution < -0.4 is 4.72 Å². The van der Waals surface area contributed by atoms with Gasteiger partial charge in [-0.25, -0.2) is 13.1 Å². The number of carbonyl (C=O) groups is 1. The number of ether oxygens (including phenoxy) is 2. The van der Waals surface area contributed by atoms with Crippen molar-refractivity contribution in [3.05, 3.63) is 0 Å². The Hall–Kier alpha value is -1.43. The SMILES string of the molecule is CCCOC(F)(COC(F)(C(=O)NS(=O)(=O)CCCC(F)(F)F)C(F)(F)F)C(F)(F)F. The minimum absolute atomic E-state index is 0.265. The molecule has 0 spiro atoms. The van der Waals surface area contributed by atoms with Gasteiger partial charge in [-0.05, 0) is 12.8 Å². The summed E-state index contributed by atoms with van der Waals surface area (Å²) in [6, 6.07) is 0. The Balaban J connectivity index is 5.58. The van der Waals surface area contributed by atoms with E-state index in [2.05, 4.69) is 9.47 Å². The number of hydrogen-bond acceptors (Lipinski definition) is 5. The molecule has 0 aromatic carbocycles. The quantitative estimate of drug-likeness (QED) is 0.432. The summed E-state index contributed by atoms with van der Waals surface area (Å²) in [5, 5.41) is 0. The standard InChI is InChI=1S/C13H16F11NO5S/c1-2-5-29-9(14,12(19,20)21)7-30-11(18,13(22,23)24)8(26)25-31(27,28)6-3-4-10(15,16)17/h2-7H2,1H3,(H,25,26). The number of alkyl halides is 11. The Kier molecular flexibility index (Phi) is 9.55. The van der Waals surface area contributed by atoms with Gasteiger partial charge in [-0.1, -0.05) is 6.92 Å². The molecule has 0 heterocycles. The zero-order valence-electron chi connectivity index (χ0n) is 15.3. The van der Waals surface area contributed by atoms with Gasteiger partial charge in [0.05, 0.1) is 12.4 Å². The maximum atomic E-state index is 14.2. The van der Waals surface area contributed by atoms with Crippen molar-refractivity contribution in [3.8, 4) is 0 Å². The van der Waals surface area contributed by atoms with E-state index in [1.54, 1.807) is 0 Å². The molecule has 2 unspecified atom stereocenters. The van der Waals surface area contributed by atoms with Crippen LogP contribution in [0.5, 0.6) is 0 Å². The molecule has 18 heteroatoms. The topological polar surface area (TPSA) is 81.7 Å². The molecule has 0 bridgehead atoms. The average molecular weight is 507 g/mol. The first-order valence-electron chi connectivity index (χ1n) is 8.01. The fraction of sp³-hybridized carbons (Fsp3) is 0.923. The number of carbonyl (C=O) groups excluding carboxylic acids is 1. The molecule has 0 radical (unpaired) electrons. The first-order valence-corrected chi connectivity index (χ1v) is 9.66. The van der Waals surface area contributed by atoms with Crippen LogP contribution in [0.25, 0.3) is 0 Å². The number of sulfonamides is 1. The Labute approximate surface area is 168 Å². The van der Waals surface area contributed by atoms with Crippen LogP contribution in [0.4, 0.5) is 48.3 Å². The Morgan fingerprint density at radius 1 is 0.871 bits per heavy atom. The van der Waals surface area contributed by atoms with Crippen molar-refractivity contribution >= 4 is 15.9 Å².